The van der Waals surface area contributed by atoms with Crippen molar-refractivity contribution >= 4 is 11.8 Å². The number of rotatable bonds is 3. The van der Waals surface area contributed by atoms with Gasteiger partial charge in [0.1, 0.15) is 5.82 Å². The molecule has 1 atom stereocenters. The molecule has 0 unspecified atom stereocenters. The average molecular weight is 346 g/mol. The summed E-state index contributed by atoms with van der Waals surface area (Å²) in [6, 6.07) is 0. The molecule has 0 aromatic carbocycles. The molecule has 7 heteroatoms. The van der Waals surface area contributed by atoms with Gasteiger partial charge < -0.3 is 19.1 Å². The van der Waals surface area contributed by atoms with E-state index in [2.05, 4.69) is 9.55 Å². The molecule has 0 aliphatic carbocycles. The van der Waals surface area contributed by atoms with E-state index in [1.807, 2.05) is 16.0 Å². The molecule has 4 heterocycles. The van der Waals surface area contributed by atoms with Crippen LogP contribution in [0.15, 0.2) is 12.4 Å². The van der Waals surface area contributed by atoms with Crippen molar-refractivity contribution in [3.05, 3.63) is 18.2 Å². The van der Waals surface area contributed by atoms with Gasteiger partial charge >= 0.3 is 0 Å². The van der Waals surface area contributed by atoms with Gasteiger partial charge in [0, 0.05) is 70.0 Å². The Morgan fingerprint density at radius 3 is 2.88 bits per heavy atom. The van der Waals surface area contributed by atoms with Gasteiger partial charge in [-0.1, -0.05) is 0 Å². The van der Waals surface area contributed by atoms with Crippen molar-refractivity contribution in [1.82, 2.24) is 19.4 Å². The standard InChI is InChI=1S/C18H26N4O3/c23-17-2-1-6-21(17)11-14-10-20-7-5-19-16(20)13-22(12-14)18(24)15-3-8-25-9-4-15/h5,7,14-15H,1-4,6,8-13H2/t14-/m1/s1. The molecule has 0 radical (unpaired) electrons. The van der Waals surface area contributed by atoms with Crippen molar-refractivity contribution in [2.24, 2.45) is 11.8 Å². The van der Waals surface area contributed by atoms with Crippen LogP contribution in [0, 0.1) is 11.8 Å². The third kappa shape index (κ3) is 3.56. The minimum Gasteiger partial charge on any atom is -0.381 e. The van der Waals surface area contributed by atoms with E-state index >= 15 is 0 Å². The highest BCUT2D eigenvalue weighted by atomic mass is 16.5. The molecule has 0 saturated carbocycles. The van der Waals surface area contributed by atoms with Crippen molar-refractivity contribution < 1.29 is 14.3 Å². The molecule has 7 nitrogen and oxygen atoms in total. The molecule has 0 bridgehead atoms. The van der Waals surface area contributed by atoms with Gasteiger partial charge in [-0.25, -0.2) is 4.98 Å². The van der Waals surface area contributed by atoms with Crippen LogP contribution in [0.1, 0.15) is 31.5 Å². The first kappa shape index (κ1) is 16.6. The molecule has 0 spiro atoms. The van der Waals surface area contributed by atoms with Crippen molar-refractivity contribution in [3.8, 4) is 0 Å². The molecule has 4 rings (SSSR count). The number of hydrogen-bond acceptors (Lipinski definition) is 4. The zero-order valence-corrected chi connectivity index (χ0v) is 14.6. The minimum absolute atomic E-state index is 0.0596. The fourth-order valence-electron chi connectivity index (χ4n) is 4.24. The van der Waals surface area contributed by atoms with E-state index in [9.17, 15) is 9.59 Å². The Balaban J connectivity index is 1.50. The fourth-order valence-corrected chi connectivity index (χ4v) is 4.24. The van der Waals surface area contributed by atoms with Crippen LogP contribution >= 0.6 is 0 Å². The van der Waals surface area contributed by atoms with Gasteiger partial charge in [0.15, 0.2) is 0 Å². The number of carbonyl (C=O) groups is 2. The van der Waals surface area contributed by atoms with E-state index in [0.29, 0.717) is 32.7 Å². The summed E-state index contributed by atoms with van der Waals surface area (Å²) < 4.78 is 7.54. The van der Waals surface area contributed by atoms with Gasteiger partial charge in [0.25, 0.3) is 0 Å². The summed E-state index contributed by atoms with van der Waals surface area (Å²) in [7, 11) is 0. The van der Waals surface area contributed by atoms with Crippen LogP contribution in [0.3, 0.4) is 0 Å². The lowest BCUT2D eigenvalue weighted by Crippen LogP contribution is -2.42. The first-order valence-electron chi connectivity index (χ1n) is 9.35. The monoisotopic (exact) mass is 346 g/mol. The molecule has 2 saturated heterocycles. The quantitative estimate of drug-likeness (QED) is 0.815. The molecule has 3 aliphatic rings. The normalized spacial score (nSPS) is 25.1. The first-order valence-corrected chi connectivity index (χ1v) is 9.35. The highest BCUT2D eigenvalue weighted by Crippen LogP contribution is 2.23. The Hall–Kier alpha value is -1.89. The second-order valence-electron chi connectivity index (χ2n) is 7.41. The summed E-state index contributed by atoms with van der Waals surface area (Å²) in [6.07, 6.45) is 7.00. The number of carbonyl (C=O) groups excluding carboxylic acids is 2. The van der Waals surface area contributed by atoms with Gasteiger partial charge in [-0.15, -0.1) is 0 Å². The van der Waals surface area contributed by atoms with E-state index in [0.717, 1.165) is 44.7 Å². The summed E-state index contributed by atoms with van der Waals surface area (Å²) in [5.74, 6) is 1.72. The molecule has 0 N–H and O–H groups in total. The van der Waals surface area contributed by atoms with Crippen molar-refractivity contribution in [3.63, 3.8) is 0 Å². The number of hydrogen-bond donors (Lipinski definition) is 0. The van der Waals surface area contributed by atoms with E-state index in [4.69, 9.17) is 4.74 Å². The lowest BCUT2D eigenvalue weighted by molar-refractivity contribution is -0.139. The van der Waals surface area contributed by atoms with Crippen LogP contribution in [0.4, 0.5) is 0 Å². The SMILES string of the molecule is O=C1CCCN1C[C@@H]1CN(C(=O)C2CCOCC2)Cc2nccn2C1. The maximum absolute atomic E-state index is 13.0. The van der Waals surface area contributed by atoms with Crippen LogP contribution < -0.4 is 0 Å². The van der Waals surface area contributed by atoms with Crippen molar-refractivity contribution in [2.75, 3.05) is 32.8 Å². The van der Waals surface area contributed by atoms with Crippen LogP contribution in [0.25, 0.3) is 0 Å². The fraction of sp³-hybridized carbons (Fsp3) is 0.722. The smallest absolute Gasteiger partial charge is 0.226 e. The second kappa shape index (κ2) is 7.15. The van der Waals surface area contributed by atoms with E-state index in [-0.39, 0.29) is 23.7 Å². The summed E-state index contributed by atoms with van der Waals surface area (Å²) in [5.41, 5.74) is 0. The lowest BCUT2D eigenvalue weighted by atomic mass is 9.98. The molecular weight excluding hydrogens is 320 g/mol. The Bertz CT molecular complexity index is 638. The van der Waals surface area contributed by atoms with Gasteiger partial charge in [-0.3, -0.25) is 9.59 Å². The van der Waals surface area contributed by atoms with Gasteiger partial charge in [0.05, 0.1) is 6.54 Å². The molecule has 25 heavy (non-hydrogen) atoms. The topological polar surface area (TPSA) is 67.7 Å². The molecule has 2 fully saturated rings. The maximum atomic E-state index is 13.0. The zero-order chi connectivity index (χ0) is 17.2. The number of amides is 2. The Labute approximate surface area is 147 Å². The zero-order valence-electron chi connectivity index (χ0n) is 14.6. The molecule has 1 aromatic heterocycles. The van der Waals surface area contributed by atoms with Gasteiger partial charge in [-0.05, 0) is 19.3 Å². The third-order valence-corrected chi connectivity index (χ3v) is 5.60. The largest absolute Gasteiger partial charge is 0.381 e. The van der Waals surface area contributed by atoms with Crippen LogP contribution in [0.5, 0.6) is 0 Å². The summed E-state index contributed by atoms with van der Waals surface area (Å²) in [5, 5.41) is 0. The molecule has 136 valence electrons. The number of ether oxygens (including phenoxy) is 1. The number of likely N-dealkylation sites (tertiary alicyclic amines) is 1. The highest BCUT2D eigenvalue weighted by Gasteiger charge is 2.32. The predicted molar refractivity (Wildman–Crippen MR) is 90.5 cm³/mol. The van der Waals surface area contributed by atoms with Crippen molar-refractivity contribution in [1.29, 1.82) is 0 Å². The predicted octanol–water partition coefficient (Wildman–Crippen LogP) is 0.891. The molecule has 2 amide bonds. The summed E-state index contributed by atoms with van der Waals surface area (Å²) in [6.45, 7) is 5.00. The summed E-state index contributed by atoms with van der Waals surface area (Å²) in [4.78, 5) is 33.4. The van der Waals surface area contributed by atoms with E-state index in [1.54, 1.807) is 6.20 Å². The van der Waals surface area contributed by atoms with Crippen molar-refractivity contribution in [2.45, 2.75) is 38.8 Å². The number of aromatic nitrogens is 2. The maximum Gasteiger partial charge on any atom is 0.226 e. The Kier molecular flexibility index (Phi) is 4.74. The van der Waals surface area contributed by atoms with Crippen LogP contribution in [-0.4, -0.2) is 64.0 Å². The second-order valence-corrected chi connectivity index (χ2v) is 7.41. The Morgan fingerprint density at radius 1 is 1.28 bits per heavy atom. The molecule has 3 aliphatic heterocycles. The highest BCUT2D eigenvalue weighted by molar-refractivity contribution is 5.79. The molecular formula is C18H26N4O3. The van der Waals surface area contributed by atoms with E-state index < -0.39 is 0 Å². The minimum atomic E-state index is 0.0596. The Morgan fingerprint density at radius 2 is 2.12 bits per heavy atom. The van der Waals surface area contributed by atoms with E-state index in [1.165, 1.54) is 0 Å². The average Bonchev–Trinajstić information content (AvgIpc) is 3.19. The summed E-state index contributed by atoms with van der Waals surface area (Å²) >= 11 is 0. The van der Waals surface area contributed by atoms with Crippen LogP contribution in [-0.2, 0) is 27.4 Å². The number of nitrogens with zero attached hydrogens (tertiary/aromatic N) is 4. The molecule has 1 aromatic rings. The lowest BCUT2D eigenvalue weighted by Gasteiger charge is -2.31. The first-order chi connectivity index (χ1) is 12.2. The van der Waals surface area contributed by atoms with Gasteiger partial charge in [0.2, 0.25) is 11.8 Å². The van der Waals surface area contributed by atoms with Crippen LogP contribution in [0.2, 0.25) is 0 Å². The number of fused-ring (bicyclic) bond motifs is 1. The van der Waals surface area contributed by atoms with Gasteiger partial charge in [-0.2, -0.15) is 0 Å². The third-order valence-electron chi connectivity index (χ3n) is 5.60. The number of imidazole rings is 1.